The van der Waals surface area contributed by atoms with Crippen molar-refractivity contribution in [3.05, 3.63) is 23.9 Å². The summed E-state index contributed by atoms with van der Waals surface area (Å²) in [5, 5.41) is 0. The van der Waals surface area contributed by atoms with E-state index in [4.69, 9.17) is 10.5 Å². The fourth-order valence-electron chi connectivity index (χ4n) is 1.47. The van der Waals surface area contributed by atoms with Crippen LogP contribution < -0.4 is 10.6 Å². The van der Waals surface area contributed by atoms with Crippen molar-refractivity contribution in [2.75, 3.05) is 32.6 Å². The first-order chi connectivity index (χ1) is 7.05. The van der Waals surface area contributed by atoms with Crippen molar-refractivity contribution in [3.63, 3.8) is 0 Å². The third-order valence-corrected chi connectivity index (χ3v) is 2.62. The highest BCUT2D eigenvalue weighted by Crippen LogP contribution is 2.29. The van der Waals surface area contributed by atoms with Gasteiger partial charge in [-0.2, -0.15) is 0 Å². The molecule has 1 aromatic heterocycles. The van der Waals surface area contributed by atoms with Crippen LogP contribution in [0, 0.1) is 0 Å². The third-order valence-electron chi connectivity index (χ3n) is 2.62. The fourth-order valence-corrected chi connectivity index (χ4v) is 1.47. The SMILES string of the molecule is COC(C)(CN)c1cccnc1N(C)C. The highest BCUT2D eigenvalue weighted by atomic mass is 16.5. The van der Waals surface area contributed by atoms with Gasteiger partial charge < -0.3 is 15.4 Å². The van der Waals surface area contributed by atoms with Crippen LogP contribution in [-0.4, -0.2) is 32.7 Å². The van der Waals surface area contributed by atoms with Crippen LogP contribution in [0.3, 0.4) is 0 Å². The lowest BCUT2D eigenvalue weighted by Gasteiger charge is -2.30. The molecule has 0 aliphatic rings. The molecule has 0 amide bonds. The highest BCUT2D eigenvalue weighted by Gasteiger charge is 2.28. The van der Waals surface area contributed by atoms with Gasteiger partial charge in [0, 0.05) is 39.5 Å². The van der Waals surface area contributed by atoms with E-state index in [2.05, 4.69) is 4.98 Å². The molecular formula is C11H19N3O. The van der Waals surface area contributed by atoms with Crippen LogP contribution in [-0.2, 0) is 10.3 Å². The van der Waals surface area contributed by atoms with Crippen molar-refractivity contribution >= 4 is 5.82 Å². The second kappa shape index (κ2) is 4.59. The molecule has 0 radical (unpaired) electrons. The summed E-state index contributed by atoms with van der Waals surface area (Å²) in [5.74, 6) is 0.896. The Kier molecular flexibility index (Phi) is 3.66. The Morgan fingerprint density at radius 3 is 2.67 bits per heavy atom. The summed E-state index contributed by atoms with van der Waals surface area (Å²) in [4.78, 5) is 6.29. The fraction of sp³-hybridized carbons (Fsp3) is 0.545. The average Bonchev–Trinajstić information content (AvgIpc) is 2.28. The smallest absolute Gasteiger partial charge is 0.134 e. The maximum absolute atomic E-state index is 5.75. The number of hydrogen-bond acceptors (Lipinski definition) is 4. The maximum atomic E-state index is 5.75. The minimum absolute atomic E-state index is 0.427. The van der Waals surface area contributed by atoms with Crippen molar-refractivity contribution in [1.82, 2.24) is 4.98 Å². The largest absolute Gasteiger partial charge is 0.372 e. The first kappa shape index (κ1) is 11.9. The second-order valence-corrected chi connectivity index (χ2v) is 3.91. The average molecular weight is 209 g/mol. The predicted octanol–water partition coefficient (Wildman–Crippen LogP) is 0.968. The van der Waals surface area contributed by atoms with Gasteiger partial charge in [0.1, 0.15) is 11.4 Å². The summed E-state index contributed by atoms with van der Waals surface area (Å²) in [6.45, 7) is 2.40. The van der Waals surface area contributed by atoms with E-state index in [0.717, 1.165) is 11.4 Å². The van der Waals surface area contributed by atoms with Crippen LogP contribution in [0.4, 0.5) is 5.82 Å². The molecule has 1 atom stereocenters. The molecule has 0 saturated carbocycles. The van der Waals surface area contributed by atoms with Gasteiger partial charge in [-0.05, 0) is 13.0 Å². The molecule has 0 bridgehead atoms. The molecule has 4 heteroatoms. The van der Waals surface area contributed by atoms with Gasteiger partial charge in [-0.1, -0.05) is 6.07 Å². The number of methoxy groups -OCH3 is 1. The molecule has 0 aliphatic heterocycles. The molecule has 1 rings (SSSR count). The number of anilines is 1. The van der Waals surface area contributed by atoms with Crippen molar-refractivity contribution in [1.29, 1.82) is 0 Å². The Morgan fingerprint density at radius 2 is 2.20 bits per heavy atom. The van der Waals surface area contributed by atoms with Crippen molar-refractivity contribution in [2.24, 2.45) is 5.73 Å². The van der Waals surface area contributed by atoms with Gasteiger partial charge in [-0.15, -0.1) is 0 Å². The van der Waals surface area contributed by atoms with Crippen LogP contribution >= 0.6 is 0 Å². The van der Waals surface area contributed by atoms with Crippen molar-refractivity contribution in [2.45, 2.75) is 12.5 Å². The monoisotopic (exact) mass is 209 g/mol. The maximum Gasteiger partial charge on any atom is 0.134 e. The Balaban J connectivity index is 3.23. The molecule has 0 aromatic carbocycles. The molecule has 1 unspecified atom stereocenters. The summed E-state index contributed by atoms with van der Waals surface area (Å²) >= 11 is 0. The first-order valence-electron chi connectivity index (χ1n) is 4.93. The lowest BCUT2D eigenvalue weighted by Crippen LogP contribution is -2.35. The van der Waals surface area contributed by atoms with Gasteiger partial charge in [0.15, 0.2) is 0 Å². The minimum atomic E-state index is -0.478. The lowest BCUT2D eigenvalue weighted by molar-refractivity contribution is 0.0103. The van der Waals surface area contributed by atoms with Gasteiger partial charge in [-0.25, -0.2) is 4.98 Å². The molecule has 0 aliphatic carbocycles. The van der Waals surface area contributed by atoms with E-state index in [0.29, 0.717) is 6.54 Å². The molecule has 15 heavy (non-hydrogen) atoms. The lowest BCUT2D eigenvalue weighted by atomic mass is 9.96. The van der Waals surface area contributed by atoms with E-state index in [1.165, 1.54) is 0 Å². The van der Waals surface area contributed by atoms with Crippen molar-refractivity contribution in [3.8, 4) is 0 Å². The zero-order valence-electron chi connectivity index (χ0n) is 9.82. The van der Waals surface area contributed by atoms with E-state index in [-0.39, 0.29) is 0 Å². The molecule has 4 nitrogen and oxygen atoms in total. The summed E-state index contributed by atoms with van der Waals surface area (Å²) < 4.78 is 5.47. The normalized spacial score (nSPS) is 14.7. The zero-order valence-corrected chi connectivity index (χ0v) is 9.82. The van der Waals surface area contributed by atoms with Gasteiger partial charge in [0.05, 0.1) is 0 Å². The van der Waals surface area contributed by atoms with Gasteiger partial charge >= 0.3 is 0 Å². The number of hydrogen-bond donors (Lipinski definition) is 1. The summed E-state index contributed by atoms with van der Waals surface area (Å²) in [5.41, 5.74) is 6.28. The first-order valence-corrected chi connectivity index (χ1v) is 4.93. The summed E-state index contributed by atoms with van der Waals surface area (Å²) in [6, 6.07) is 3.90. The molecule has 2 N–H and O–H groups in total. The second-order valence-electron chi connectivity index (χ2n) is 3.91. The molecule has 0 saturated heterocycles. The summed E-state index contributed by atoms with van der Waals surface area (Å²) in [7, 11) is 5.58. The van der Waals surface area contributed by atoms with Crippen molar-refractivity contribution < 1.29 is 4.74 Å². The Hall–Kier alpha value is -1.13. The van der Waals surface area contributed by atoms with Crippen LogP contribution in [0.15, 0.2) is 18.3 Å². The minimum Gasteiger partial charge on any atom is -0.372 e. The standard InChI is InChI=1S/C11H19N3O/c1-11(8-12,15-4)9-6-5-7-13-10(9)14(2)3/h5-7H,8,12H2,1-4H3. The third kappa shape index (κ3) is 2.27. The number of nitrogens with zero attached hydrogens (tertiary/aromatic N) is 2. The zero-order chi connectivity index (χ0) is 11.5. The van der Waals surface area contributed by atoms with Gasteiger partial charge in [0.25, 0.3) is 0 Å². The highest BCUT2D eigenvalue weighted by molar-refractivity contribution is 5.48. The van der Waals surface area contributed by atoms with E-state index in [1.54, 1.807) is 13.3 Å². The number of nitrogens with two attached hydrogens (primary N) is 1. The number of aromatic nitrogens is 1. The summed E-state index contributed by atoms with van der Waals surface area (Å²) in [6.07, 6.45) is 1.77. The van der Waals surface area contributed by atoms with Crippen LogP contribution in [0.1, 0.15) is 12.5 Å². The topological polar surface area (TPSA) is 51.4 Å². The van der Waals surface area contributed by atoms with Crippen LogP contribution in [0.25, 0.3) is 0 Å². The van der Waals surface area contributed by atoms with E-state index < -0.39 is 5.60 Å². The van der Waals surface area contributed by atoms with Crippen LogP contribution in [0.5, 0.6) is 0 Å². The van der Waals surface area contributed by atoms with Gasteiger partial charge in [-0.3, -0.25) is 0 Å². The molecule has 0 fully saturated rings. The van der Waals surface area contributed by atoms with Gasteiger partial charge in [0.2, 0.25) is 0 Å². The number of rotatable bonds is 4. The van der Waals surface area contributed by atoms with E-state index in [1.807, 2.05) is 38.1 Å². The van der Waals surface area contributed by atoms with E-state index >= 15 is 0 Å². The Bertz CT molecular complexity index is 321. The molecule has 1 heterocycles. The Morgan fingerprint density at radius 1 is 1.53 bits per heavy atom. The number of ether oxygens (including phenoxy) is 1. The van der Waals surface area contributed by atoms with Crippen LogP contribution in [0.2, 0.25) is 0 Å². The predicted molar refractivity (Wildman–Crippen MR) is 62.0 cm³/mol. The Labute approximate surface area is 91.1 Å². The molecule has 1 aromatic rings. The molecule has 84 valence electrons. The quantitative estimate of drug-likeness (QED) is 0.802. The molecular weight excluding hydrogens is 190 g/mol. The van der Waals surface area contributed by atoms with E-state index in [9.17, 15) is 0 Å². The number of pyridine rings is 1. The molecule has 0 spiro atoms.